The molecule has 0 spiro atoms. The van der Waals surface area contributed by atoms with Gasteiger partial charge >= 0.3 is 0 Å². The highest BCUT2D eigenvalue weighted by Crippen LogP contribution is 2.29. The first-order chi connectivity index (χ1) is 9.24. The van der Waals surface area contributed by atoms with Crippen molar-refractivity contribution in [3.63, 3.8) is 0 Å². The number of benzene rings is 1. The molecule has 1 aromatic carbocycles. The van der Waals surface area contributed by atoms with Gasteiger partial charge in [-0.25, -0.2) is 0 Å². The Morgan fingerprint density at radius 2 is 2.21 bits per heavy atom. The molecule has 1 aliphatic heterocycles. The summed E-state index contributed by atoms with van der Waals surface area (Å²) in [7, 11) is 0. The minimum Gasteiger partial charge on any atom is -0.312 e. The van der Waals surface area contributed by atoms with Crippen molar-refractivity contribution in [3.8, 4) is 11.1 Å². The maximum absolute atomic E-state index is 4.65. The summed E-state index contributed by atoms with van der Waals surface area (Å²) >= 11 is 3.62. The van der Waals surface area contributed by atoms with E-state index in [0.29, 0.717) is 6.04 Å². The summed E-state index contributed by atoms with van der Waals surface area (Å²) in [5, 5.41) is 8.16. The zero-order valence-electron chi connectivity index (χ0n) is 11.1. The summed E-state index contributed by atoms with van der Waals surface area (Å²) in [6.45, 7) is 4.18. The molecule has 0 bridgehead atoms. The third-order valence-electron chi connectivity index (χ3n) is 3.68. The maximum atomic E-state index is 4.65. The fourth-order valence-electron chi connectivity index (χ4n) is 2.69. The van der Waals surface area contributed by atoms with Crippen LogP contribution in [0.1, 0.15) is 18.5 Å². The van der Waals surface area contributed by atoms with Gasteiger partial charge in [-0.3, -0.25) is 4.68 Å². The Balaban J connectivity index is 1.87. The normalized spacial score (nSPS) is 18.9. The van der Waals surface area contributed by atoms with Crippen molar-refractivity contribution < 1.29 is 0 Å². The second-order valence-corrected chi connectivity index (χ2v) is 5.98. The van der Waals surface area contributed by atoms with Crippen LogP contribution in [0, 0.1) is 6.92 Å². The average molecular weight is 320 g/mol. The summed E-state index contributed by atoms with van der Waals surface area (Å²) < 4.78 is 3.20. The molecule has 4 heteroatoms. The van der Waals surface area contributed by atoms with Gasteiger partial charge in [0.05, 0.1) is 12.2 Å². The van der Waals surface area contributed by atoms with Crippen molar-refractivity contribution in [1.82, 2.24) is 15.1 Å². The molecule has 1 fully saturated rings. The number of nitrogens with one attached hydrogen (secondary N) is 1. The Labute approximate surface area is 122 Å². The summed E-state index contributed by atoms with van der Waals surface area (Å²) in [5.74, 6) is 0. The Morgan fingerprint density at radius 1 is 1.37 bits per heavy atom. The highest BCUT2D eigenvalue weighted by Gasteiger charge is 2.16. The van der Waals surface area contributed by atoms with Crippen molar-refractivity contribution in [2.75, 3.05) is 6.54 Å². The molecule has 0 radical (unpaired) electrons. The predicted molar refractivity (Wildman–Crippen MR) is 81.1 cm³/mol. The summed E-state index contributed by atoms with van der Waals surface area (Å²) in [5.41, 5.74) is 3.51. The molecule has 0 aliphatic carbocycles. The number of aromatic nitrogens is 2. The van der Waals surface area contributed by atoms with Crippen LogP contribution in [-0.4, -0.2) is 22.4 Å². The highest BCUT2D eigenvalue weighted by atomic mass is 79.9. The second-order valence-electron chi connectivity index (χ2n) is 5.12. The summed E-state index contributed by atoms with van der Waals surface area (Å²) in [6.07, 6.45) is 4.70. The molecule has 0 amide bonds. The van der Waals surface area contributed by atoms with E-state index in [9.17, 15) is 0 Å². The van der Waals surface area contributed by atoms with Crippen molar-refractivity contribution >= 4 is 15.9 Å². The molecule has 1 N–H and O–H groups in total. The van der Waals surface area contributed by atoms with Gasteiger partial charge in [0.2, 0.25) is 0 Å². The van der Waals surface area contributed by atoms with Crippen molar-refractivity contribution in [2.45, 2.75) is 32.4 Å². The maximum Gasteiger partial charge on any atom is 0.0672 e. The topological polar surface area (TPSA) is 29.9 Å². The Hall–Kier alpha value is -1.13. The fraction of sp³-hybridized carbons (Fsp3) is 0.400. The smallest absolute Gasteiger partial charge is 0.0672 e. The zero-order chi connectivity index (χ0) is 13.2. The first-order valence-electron chi connectivity index (χ1n) is 6.76. The lowest BCUT2D eigenvalue weighted by molar-refractivity contribution is 0.474. The molecular weight excluding hydrogens is 302 g/mol. The molecule has 100 valence electrons. The van der Waals surface area contributed by atoms with Crippen LogP contribution in [0.4, 0.5) is 0 Å². The zero-order valence-corrected chi connectivity index (χ0v) is 12.7. The molecule has 1 aromatic heterocycles. The van der Waals surface area contributed by atoms with E-state index in [4.69, 9.17) is 0 Å². The lowest BCUT2D eigenvalue weighted by atomic mass is 10.1. The third-order valence-corrected chi connectivity index (χ3v) is 4.37. The molecule has 1 unspecified atom stereocenters. The third kappa shape index (κ3) is 2.74. The minimum atomic E-state index is 0.575. The van der Waals surface area contributed by atoms with E-state index in [0.717, 1.165) is 23.3 Å². The molecule has 1 aliphatic rings. The standard InChI is InChI=1S/C15H18BrN3/c1-11-14(13-6-2-3-7-15(13)16)10-19(18-11)9-12-5-4-8-17-12/h2-3,6-7,10,12,17H,4-5,8-9H2,1H3. The van der Waals surface area contributed by atoms with Gasteiger partial charge in [-0.05, 0) is 37.9 Å². The average Bonchev–Trinajstić information content (AvgIpc) is 3.01. The molecule has 2 heterocycles. The molecule has 19 heavy (non-hydrogen) atoms. The van der Waals surface area contributed by atoms with Crippen molar-refractivity contribution in [1.29, 1.82) is 0 Å². The van der Waals surface area contributed by atoms with Crippen molar-refractivity contribution in [3.05, 3.63) is 40.6 Å². The molecule has 3 rings (SSSR count). The lowest BCUT2D eigenvalue weighted by Crippen LogP contribution is -2.26. The SMILES string of the molecule is Cc1nn(CC2CCCN2)cc1-c1ccccc1Br. The monoisotopic (exact) mass is 319 g/mol. The molecule has 1 saturated heterocycles. The van der Waals surface area contributed by atoms with Gasteiger partial charge in [-0.2, -0.15) is 5.10 Å². The van der Waals surface area contributed by atoms with Crippen LogP contribution in [0.15, 0.2) is 34.9 Å². The van der Waals surface area contributed by atoms with E-state index in [2.05, 4.69) is 62.3 Å². The molecular formula is C15H18BrN3. The van der Waals surface area contributed by atoms with E-state index >= 15 is 0 Å². The van der Waals surface area contributed by atoms with Gasteiger partial charge in [0.15, 0.2) is 0 Å². The van der Waals surface area contributed by atoms with Gasteiger partial charge in [0.1, 0.15) is 0 Å². The van der Waals surface area contributed by atoms with Gasteiger partial charge in [-0.15, -0.1) is 0 Å². The van der Waals surface area contributed by atoms with E-state index in [-0.39, 0.29) is 0 Å². The van der Waals surface area contributed by atoms with Crippen LogP contribution in [0.2, 0.25) is 0 Å². The number of aryl methyl sites for hydroxylation is 1. The first-order valence-corrected chi connectivity index (χ1v) is 7.55. The van der Waals surface area contributed by atoms with Crippen LogP contribution < -0.4 is 5.32 Å². The van der Waals surface area contributed by atoms with E-state index in [1.165, 1.54) is 24.0 Å². The summed E-state index contributed by atoms with van der Waals surface area (Å²) in [4.78, 5) is 0. The number of hydrogen-bond donors (Lipinski definition) is 1. The Morgan fingerprint density at radius 3 is 2.95 bits per heavy atom. The number of rotatable bonds is 3. The Bertz CT molecular complexity index is 571. The predicted octanol–water partition coefficient (Wildman–Crippen LogP) is 3.37. The van der Waals surface area contributed by atoms with Gasteiger partial charge in [-0.1, -0.05) is 34.1 Å². The molecule has 0 saturated carbocycles. The summed E-state index contributed by atoms with van der Waals surface area (Å²) in [6, 6.07) is 8.88. The van der Waals surface area contributed by atoms with Crippen LogP contribution in [0.3, 0.4) is 0 Å². The quantitative estimate of drug-likeness (QED) is 0.940. The Kier molecular flexibility index (Phi) is 3.71. The molecule has 3 nitrogen and oxygen atoms in total. The van der Waals surface area contributed by atoms with E-state index < -0.39 is 0 Å². The van der Waals surface area contributed by atoms with Crippen LogP contribution in [-0.2, 0) is 6.54 Å². The fourth-order valence-corrected chi connectivity index (χ4v) is 3.19. The largest absolute Gasteiger partial charge is 0.312 e. The minimum absolute atomic E-state index is 0.575. The lowest BCUT2D eigenvalue weighted by Gasteiger charge is -2.09. The number of hydrogen-bond acceptors (Lipinski definition) is 2. The van der Waals surface area contributed by atoms with Crippen LogP contribution in [0.25, 0.3) is 11.1 Å². The van der Waals surface area contributed by atoms with Gasteiger partial charge in [0, 0.05) is 22.3 Å². The second kappa shape index (κ2) is 5.47. The number of nitrogens with zero attached hydrogens (tertiary/aromatic N) is 2. The van der Waals surface area contributed by atoms with Crippen LogP contribution >= 0.6 is 15.9 Å². The number of halogens is 1. The highest BCUT2D eigenvalue weighted by molar-refractivity contribution is 9.10. The van der Waals surface area contributed by atoms with Crippen molar-refractivity contribution in [2.24, 2.45) is 0 Å². The first kappa shape index (κ1) is 12.9. The van der Waals surface area contributed by atoms with E-state index in [1.54, 1.807) is 0 Å². The van der Waals surface area contributed by atoms with E-state index in [1.807, 2.05) is 6.07 Å². The van der Waals surface area contributed by atoms with Crippen LogP contribution in [0.5, 0.6) is 0 Å². The van der Waals surface area contributed by atoms with Gasteiger partial charge < -0.3 is 5.32 Å². The molecule has 2 aromatic rings. The van der Waals surface area contributed by atoms with Gasteiger partial charge in [0.25, 0.3) is 0 Å². The molecule has 1 atom stereocenters.